The molecule has 0 atom stereocenters. The van der Waals surface area contributed by atoms with Crippen LogP contribution >= 0.6 is 27.3 Å². The SMILES string of the molecule is COc1cc(Br)c(Cn2cnc3sccc3c2=O)cc1OC. The summed E-state index contributed by atoms with van der Waals surface area (Å²) in [7, 11) is 3.17. The van der Waals surface area contributed by atoms with E-state index >= 15 is 0 Å². The summed E-state index contributed by atoms with van der Waals surface area (Å²) < 4.78 is 13.0. The fourth-order valence-electron chi connectivity index (χ4n) is 2.21. The van der Waals surface area contributed by atoms with E-state index in [4.69, 9.17) is 9.47 Å². The number of nitrogens with zero attached hydrogens (tertiary/aromatic N) is 2. The van der Waals surface area contributed by atoms with Gasteiger partial charge in [-0.3, -0.25) is 9.36 Å². The molecule has 0 radical (unpaired) electrons. The van der Waals surface area contributed by atoms with Crippen LogP contribution in [0, 0.1) is 0 Å². The predicted octanol–water partition coefficient (Wildman–Crippen LogP) is 3.29. The van der Waals surface area contributed by atoms with E-state index in [-0.39, 0.29) is 5.56 Å². The number of halogens is 1. The van der Waals surface area contributed by atoms with Crippen LogP contribution in [0.25, 0.3) is 10.2 Å². The maximum Gasteiger partial charge on any atom is 0.262 e. The van der Waals surface area contributed by atoms with E-state index in [1.165, 1.54) is 11.3 Å². The van der Waals surface area contributed by atoms with Crippen LogP contribution < -0.4 is 15.0 Å². The molecule has 0 spiro atoms. The Labute approximate surface area is 139 Å². The molecule has 0 saturated carbocycles. The number of aromatic nitrogens is 2. The molecule has 114 valence electrons. The van der Waals surface area contributed by atoms with Gasteiger partial charge in [-0.1, -0.05) is 15.9 Å². The largest absolute Gasteiger partial charge is 0.493 e. The second-order valence-corrected chi connectivity index (χ2v) is 6.36. The highest BCUT2D eigenvalue weighted by molar-refractivity contribution is 9.10. The fourth-order valence-corrected chi connectivity index (χ4v) is 3.38. The van der Waals surface area contributed by atoms with Gasteiger partial charge < -0.3 is 9.47 Å². The Morgan fingerprint density at radius 3 is 2.73 bits per heavy atom. The molecule has 0 fully saturated rings. The van der Waals surface area contributed by atoms with Crippen molar-refractivity contribution in [3.05, 3.63) is 50.3 Å². The highest BCUT2D eigenvalue weighted by Gasteiger charge is 2.12. The smallest absolute Gasteiger partial charge is 0.262 e. The third kappa shape index (κ3) is 2.62. The summed E-state index contributed by atoms with van der Waals surface area (Å²) in [6, 6.07) is 5.48. The Morgan fingerprint density at radius 1 is 1.27 bits per heavy atom. The Kier molecular flexibility index (Phi) is 4.17. The van der Waals surface area contributed by atoms with Crippen molar-refractivity contribution < 1.29 is 9.47 Å². The van der Waals surface area contributed by atoms with Crippen LogP contribution in [0.15, 0.2) is 39.2 Å². The molecule has 2 aromatic heterocycles. The number of thiophene rings is 1. The zero-order valence-corrected chi connectivity index (χ0v) is 14.4. The lowest BCUT2D eigenvalue weighted by molar-refractivity contribution is 0.354. The van der Waals surface area contributed by atoms with Crippen LogP contribution in [0.4, 0.5) is 0 Å². The van der Waals surface area contributed by atoms with Crippen LogP contribution in [0.2, 0.25) is 0 Å². The van der Waals surface area contributed by atoms with Crippen molar-refractivity contribution >= 4 is 37.5 Å². The second-order valence-electron chi connectivity index (χ2n) is 4.62. The van der Waals surface area contributed by atoms with Gasteiger partial charge in [-0.2, -0.15) is 0 Å². The second kappa shape index (κ2) is 6.10. The molecular formula is C15H13BrN2O3S. The van der Waals surface area contributed by atoms with Crippen molar-refractivity contribution in [3.63, 3.8) is 0 Å². The first-order valence-corrected chi connectivity index (χ1v) is 8.14. The van der Waals surface area contributed by atoms with Crippen molar-refractivity contribution in [2.24, 2.45) is 0 Å². The minimum atomic E-state index is -0.0482. The van der Waals surface area contributed by atoms with E-state index in [0.29, 0.717) is 23.4 Å². The molecule has 1 aromatic carbocycles. The minimum absolute atomic E-state index is 0.0482. The molecule has 2 heterocycles. The number of hydrogen-bond acceptors (Lipinski definition) is 5. The third-order valence-electron chi connectivity index (χ3n) is 3.34. The molecule has 5 nitrogen and oxygen atoms in total. The van der Waals surface area contributed by atoms with Crippen LogP contribution in [0.1, 0.15) is 5.56 Å². The summed E-state index contributed by atoms with van der Waals surface area (Å²) in [5.41, 5.74) is 0.865. The van der Waals surface area contributed by atoms with Gasteiger partial charge in [-0.05, 0) is 29.1 Å². The lowest BCUT2D eigenvalue weighted by Crippen LogP contribution is -2.20. The lowest BCUT2D eigenvalue weighted by atomic mass is 10.2. The first kappa shape index (κ1) is 15.1. The van der Waals surface area contributed by atoms with Gasteiger partial charge in [0, 0.05) is 4.47 Å². The van der Waals surface area contributed by atoms with Crippen LogP contribution in [-0.2, 0) is 6.54 Å². The lowest BCUT2D eigenvalue weighted by Gasteiger charge is -2.12. The molecule has 3 rings (SSSR count). The van der Waals surface area contributed by atoms with E-state index < -0.39 is 0 Å². The summed E-state index contributed by atoms with van der Waals surface area (Å²) in [6.07, 6.45) is 1.57. The van der Waals surface area contributed by atoms with Gasteiger partial charge in [0.1, 0.15) is 4.83 Å². The molecule has 0 aliphatic carbocycles. The minimum Gasteiger partial charge on any atom is -0.493 e. The molecule has 22 heavy (non-hydrogen) atoms. The Morgan fingerprint density at radius 2 is 2.00 bits per heavy atom. The molecule has 0 aliphatic heterocycles. The fraction of sp³-hybridized carbons (Fsp3) is 0.200. The normalized spacial score (nSPS) is 10.9. The van der Waals surface area contributed by atoms with E-state index in [0.717, 1.165) is 14.9 Å². The zero-order valence-electron chi connectivity index (χ0n) is 12.0. The Bertz CT molecular complexity index is 888. The van der Waals surface area contributed by atoms with Gasteiger partial charge in [0.05, 0.1) is 32.5 Å². The van der Waals surface area contributed by atoms with E-state index in [1.807, 2.05) is 17.5 Å². The first-order valence-electron chi connectivity index (χ1n) is 6.47. The van der Waals surface area contributed by atoms with Crippen molar-refractivity contribution in [2.45, 2.75) is 6.54 Å². The van der Waals surface area contributed by atoms with Crippen LogP contribution in [0.3, 0.4) is 0 Å². The average Bonchev–Trinajstić information content (AvgIpc) is 3.00. The topological polar surface area (TPSA) is 53.4 Å². The molecule has 0 bridgehead atoms. The quantitative estimate of drug-likeness (QED) is 0.696. The number of rotatable bonds is 4. The van der Waals surface area contributed by atoms with Gasteiger partial charge >= 0.3 is 0 Å². The number of benzene rings is 1. The number of hydrogen-bond donors (Lipinski definition) is 0. The Balaban J connectivity index is 2.04. The van der Waals surface area contributed by atoms with Gasteiger partial charge in [-0.25, -0.2) is 4.98 Å². The van der Waals surface area contributed by atoms with E-state index in [2.05, 4.69) is 20.9 Å². The first-order chi connectivity index (χ1) is 10.6. The predicted molar refractivity (Wildman–Crippen MR) is 90.2 cm³/mol. The highest BCUT2D eigenvalue weighted by Crippen LogP contribution is 2.33. The van der Waals surface area contributed by atoms with Crippen LogP contribution in [0.5, 0.6) is 11.5 Å². The maximum absolute atomic E-state index is 12.4. The number of fused-ring (bicyclic) bond motifs is 1. The molecule has 3 aromatic rings. The molecule has 0 amide bonds. The summed E-state index contributed by atoms with van der Waals surface area (Å²) in [5.74, 6) is 1.26. The third-order valence-corrected chi connectivity index (χ3v) is 4.90. The monoisotopic (exact) mass is 380 g/mol. The summed E-state index contributed by atoms with van der Waals surface area (Å²) >= 11 is 4.97. The summed E-state index contributed by atoms with van der Waals surface area (Å²) in [6.45, 7) is 0.401. The zero-order chi connectivity index (χ0) is 15.7. The van der Waals surface area contributed by atoms with Gasteiger partial charge in [0.2, 0.25) is 0 Å². The summed E-state index contributed by atoms with van der Waals surface area (Å²) in [4.78, 5) is 17.5. The van der Waals surface area contributed by atoms with E-state index in [1.54, 1.807) is 31.2 Å². The van der Waals surface area contributed by atoms with Gasteiger partial charge in [-0.15, -0.1) is 11.3 Å². The highest BCUT2D eigenvalue weighted by atomic mass is 79.9. The maximum atomic E-state index is 12.4. The van der Waals surface area contributed by atoms with Crippen molar-refractivity contribution in [1.29, 1.82) is 0 Å². The molecule has 7 heteroatoms. The molecule has 0 N–H and O–H groups in total. The molecular weight excluding hydrogens is 368 g/mol. The Hall–Kier alpha value is -1.86. The molecule has 0 aliphatic rings. The van der Waals surface area contributed by atoms with Crippen molar-refractivity contribution in [1.82, 2.24) is 9.55 Å². The van der Waals surface area contributed by atoms with Crippen molar-refractivity contribution in [3.8, 4) is 11.5 Å². The van der Waals surface area contributed by atoms with E-state index in [9.17, 15) is 4.79 Å². The van der Waals surface area contributed by atoms with Gasteiger partial charge in [0.25, 0.3) is 5.56 Å². The standard InChI is InChI=1S/C15H13BrN2O3S/c1-20-12-5-9(11(16)6-13(12)21-2)7-18-8-17-14-10(15(18)19)3-4-22-14/h3-6,8H,7H2,1-2H3. The molecule has 0 saturated heterocycles. The van der Waals surface area contributed by atoms with Crippen LogP contribution in [-0.4, -0.2) is 23.8 Å². The number of ether oxygens (including phenoxy) is 2. The van der Waals surface area contributed by atoms with Gasteiger partial charge in [0.15, 0.2) is 11.5 Å². The molecule has 0 unspecified atom stereocenters. The van der Waals surface area contributed by atoms with Crippen molar-refractivity contribution in [2.75, 3.05) is 14.2 Å². The average molecular weight is 381 g/mol. The number of methoxy groups -OCH3 is 2. The summed E-state index contributed by atoms with van der Waals surface area (Å²) in [5, 5.41) is 2.51.